The van der Waals surface area contributed by atoms with Crippen molar-refractivity contribution in [2.24, 2.45) is 0 Å². The molecule has 0 bridgehead atoms. The molecule has 0 aliphatic carbocycles. The van der Waals surface area contributed by atoms with Gasteiger partial charge in [0.25, 0.3) is 5.91 Å². The first-order valence-corrected chi connectivity index (χ1v) is 11.5. The predicted molar refractivity (Wildman–Crippen MR) is 129 cm³/mol. The maximum Gasteiger partial charge on any atom is 0.441 e. The van der Waals surface area contributed by atoms with Crippen molar-refractivity contribution in [1.29, 1.82) is 0 Å². The van der Waals surface area contributed by atoms with E-state index in [1.54, 1.807) is 55.6 Å². The third-order valence-corrected chi connectivity index (χ3v) is 6.47. The molecule has 0 aliphatic rings. The van der Waals surface area contributed by atoms with E-state index in [4.69, 9.17) is 4.74 Å². The van der Waals surface area contributed by atoms with Crippen molar-refractivity contribution in [1.82, 2.24) is 5.32 Å². The Kier molecular flexibility index (Phi) is 8.03. The van der Waals surface area contributed by atoms with Gasteiger partial charge in [-0.15, -0.1) is 11.3 Å². The van der Waals surface area contributed by atoms with Crippen molar-refractivity contribution in [3.05, 3.63) is 77.4 Å². The first-order chi connectivity index (χ1) is 17.1. The first-order valence-electron chi connectivity index (χ1n) is 10.7. The van der Waals surface area contributed by atoms with Crippen LogP contribution < -0.4 is 10.6 Å². The van der Waals surface area contributed by atoms with Crippen LogP contribution in [0, 0.1) is 6.92 Å². The van der Waals surface area contributed by atoms with Gasteiger partial charge in [-0.1, -0.05) is 48.5 Å². The number of amides is 1. The van der Waals surface area contributed by atoms with E-state index in [1.165, 1.54) is 24.3 Å². The summed E-state index contributed by atoms with van der Waals surface area (Å²) < 4.78 is 53.3. The minimum Gasteiger partial charge on any atom is -0.466 e. The van der Waals surface area contributed by atoms with E-state index >= 15 is 0 Å². The number of esters is 2. The molecule has 11 heteroatoms. The summed E-state index contributed by atoms with van der Waals surface area (Å²) in [5, 5.41) is 3.55. The number of alkyl halides is 3. The van der Waals surface area contributed by atoms with E-state index in [9.17, 15) is 27.6 Å². The molecule has 1 aromatic heterocycles. The Balaban J connectivity index is 2.20. The summed E-state index contributed by atoms with van der Waals surface area (Å²) in [6.07, 6.45) is -5.37. The third kappa shape index (κ3) is 5.20. The molecule has 0 fully saturated rings. The van der Waals surface area contributed by atoms with Crippen LogP contribution in [0.3, 0.4) is 0 Å². The molecule has 3 rings (SSSR count). The van der Waals surface area contributed by atoms with Gasteiger partial charge >= 0.3 is 23.8 Å². The molecule has 3 aromatic rings. The van der Waals surface area contributed by atoms with Gasteiger partial charge in [0, 0.05) is 10.4 Å². The Bertz CT molecular complexity index is 1250. The molecule has 0 aliphatic heterocycles. The number of anilines is 1. The second-order valence-electron chi connectivity index (χ2n) is 7.53. The Morgan fingerprint density at radius 2 is 1.56 bits per heavy atom. The quantitative estimate of drug-likeness (QED) is 0.314. The number of halogens is 3. The number of nitrogens with one attached hydrogen (secondary N) is 2. The fraction of sp³-hybridized carbons (Fsp3) is 0.240. The van der Waals surface area contributed by atoms with Crippen LogP contribution in [0.25, 0.3) is 10.4 Å². The van der Waals surface area contributed by atoms with Crippen LogP contribution in [0.5, 0.6) is 0 Å². The predicted octanol–water partition coefficient (Wildman–Crippen LogP) is 5.17. The average Bonchev–Trinajstić information content (AvgIpc) is 3.18. The SMILES string of the molecule is CCOC(=O)c1c(N[C@](NC(=O)c2ccccc2)(C(=O)OC)C(F)(F)F)sc(-c2ccccc2)c1C. The van der Waals surface area contributed by atoms with Crippen LogP contribution in [0.1, 0.15) is 33.2 Å². The highest BCUT2D eigenvalue weighted by Crippen LogP contribution is 2.43. The van der Waals surface area contributed by atoms with Crippen LogP contribution in [0.4, 0.5) is 18.2 Å². The molecule has 36 heavy (non-hydrogen) atoms. The standard InChI is InChI=1S/C25H23F3N2O5S/c1-4-35-22(32)18-15(2)19(16-11-7-5-8-12-16)36-21(18)30-24(23(33)34-3,25(26,27)28)29-20(31)17-13-9-6-10-14-17/h5-14,30H,4H2,1-3H3,(H,29,31)/t24-/m1/s1. The normalized spacial score (nSPS) is 12.8. The minimum atomic E-state index is -5.37. The van der Waals surface area contributed by atoms with Gasteiger partial charge in [0.1, 0.15) is 5.00 Å². The maximum absolute atomic E-state index is 14.6. The second kappa shape index (κ2) is 10.8. The summed E-state index contributed by atoms with van der Waals surface area (Å²) in [4.78, 5) is 38.8. The fourth-order valence-corrected chi connectivity index (χ4v) is 4.72. The topological polar surface area (TPSA) is 93.7 Å². The lowest BCUT2D eigenvalue weighted by Gasteiger charge is -2.34. The van der Waals surface area contributed by atoms with Gasteiger partial charge in [-0.25, -0.2) is 9.59 Å². The number of methoxy groups -OCH3 is 1. The lowest BCUT2D eigenvalue weighted by molar-refractivity contribution is -0.203. The lowest BCUT2D eigenvalue weighted by atomic mass is 10.1. The van der Waals surface area contributed by atoms with Crippen LogP contribution in [-0.2, 0) is 14.3 Å². The number of carbonyl (C=O) groups is 3. The van der Waals surface area contributed by atoms with Crippen molar-refractivity contribution < 1.29 is 37.0 Å². The van der Waals surface area contributed by atoms with Crippen LogP contribution in [0.2, 0.25) is 0 Å². The number of thiophene rings is 1. The van der Waals surface area contributed by atoms with Crippen molar-refractivity contribution in [2.45, 2.75) is 25.7 Å². The Morgan fingerprint density at radius 3 is 2.08 bits per heavy atom. The van der Waals surface area contributed by atoms with E-state index < -0.39 is 29.7 Å². The van der Waals surface area contributed by atoms with Gasteiger partial charge < -0.3 is 20.1 Å². The molecule has 7 nitrogen and oxygen atoms in total. The highest BCUT2D eigenvalue weighted by molar-refractivity contribution is 7.20. The summed E-state index contributed by atoms with van der Waals surface area (Å²) in [6, 6.07) is 15.8. The maximum atomic E-state index is 14.6. The molecule has 2 aromatic carbocycles. The molecule has 0 radical (unpaired) electrons. The smallest absolute Gasteiger partial charge is 0.441 e. The van der Waals surface area contributed by atoms with Gasteiger partial charge in [-0.2, -0.15) is 13.2 Å². The monoisotopic (exact) mass is 520 g/mol. The Labute approximate surface area is 209 Å². The second-order valence-corrected chi connectivity index (χ2v) is 8.55. The molecular formula is C25H23F3N2O5S. The highest BCUT2D eigenvalue weighted by atomic mass is 32.1. The van der Waals surface area contributed by atoms with Gasteiger partial charge in [-0.05, 0) is 37.1 Å². The van der Waals surface area contributed by atoms with E-state index in [2.05, 4.69) is 10.1 Å². The number of rotatable bonds is 8. The molecule has 0 unspecified atom stereocenters. The Morgan fingerprint density at radius 1 is 0.972 bits per heavy atom. The lowest BCUT2D eigenvalue weighted by Crippen LogP contribution is -2.69. The number of benzene rings is 2. The zero-order valence-electron chi connectivity index (χ0n) is 19.6. The first kappa shape index (κ1) is 26.7. The molecule has 0 spiro atoms. The van der Waals surface area contributed by atoms with Crippen molar-refractivity contribution in [3.8, 4) is 10.4 Å². The molecule has 1 amide bonds. The summed E-state index contributed by atoms with van der Waals surface area (Å²) >= 11 is 0.816. The molecule has 190 valence electrons. The number of hydrogen-bond acceptors (Lipinski definition) is 7. The van der Waals surface area contributed by atoms with Crippen LogP contribution in [0.15, 0.2) is 60.7 Å². The molecular weight excluding hydrogens is 497 g/mol. The van der Waals surface area contributed by atoms with Crippen LogP contribution in [-0.4, -0.2) is 43.4 Å². The van der Waals surface area contributed by atoms with Crippen molar-refractivity contribution in [3.63, 3.8) is 0 Å². The summed E-state index contributed by atoms with van der Waals surface area (Å²) in [5.41, 5.74) is -3.02. The average molecular weight is 521 g/mol. The summed E-state index contributed by atoms with van der Waals surface area (Å²) in [7, 11) is 0.764. The van der Waals surface area contributed by atoms with Crippen LogP contribution >= 0.6 is 11.3 Å². The van der Waals surface area contributed by atoms with Gasteiger partial charge in [0.2, 0.25) is 0 Å². The number of carbonyl (C=O) groups excluding carboxylic acids is 3. The van der Waals surface area contributed by atoms with Gasteiger partial charge in [-0.3, -0.25) is 4.79 Å². The number of hydrogen-bond donors (Lipinski definition) is 2. The molecule has 0 saturated carbocycles. The number of ether oxygens (including phenoxy) is 2. The van der Waals surface area contributed by atoms with E-state index in [-0.39, 0.29) is 22.7 Å². The highest BCUT2D eigenvalue weighted by Gasteiger charge is 2.64. The zero-order valence-corrected chi connectivity index (χ0v) is 20.4. The van der Waals surface area contributed by atoms with Gasteiger partial charge in [0.05, 0.1) is 19.3 Å². The largest absolute Gasteiger partial charge is 0.466 e. The van der Waals surface area contributed by atoms with E-state index in [0.29, 0.717) is 16.0 Å². The summed E-state index contributed by atoms with van der Waals surface area (Å²) in [6.45, 7) is 3.09. The fourth-order valence-electron chi connectivity index (χ4n) is 3.46. The molecule has 1 atom stereocenters. The van der Waals surface area contributed by atoms with Crippen molar-refractivity contribution >= 4 is 34.2 Å². The molecule has 1 heterocycles. The molecule has 0 saturated heterocycles. The van der Waals surface area contributed by atoms with E-state index in [1.807, 2.05) is 0 Å². The molecule has 2 N–H and O–H groups in total. The summed E-state index contributed by atoms with van der Waals surface area (Å²) in [5.74, 6) is -3.88. The zero-order chi connectivity index (χ0) is 26.5. The van der Waals surface area contributed by atoms with Gasteiger partial charge in [0.15, 0.2) is 0 Å². The van der Waals surface area contributed by atoms with Crippen molar-refractivity contribution in [2.75, 3.05) is 19.0 Å². The Hall–Kier alpha value is -3.86. The minimum absolute atomic E-state index is 0.0274. The third-order valence-electron chi connectivity index (χ3n) is 5.22. The van der Waals surface area contributed by atoms with E-state index in [0.717, 1.165) is 18.4 Å².